The quantitative estimate of drug-likeness (QED) is 0.924. The van der Waals surface area contributed by atoms with Gasteiger partial charge in [-0.3, -0.25) is 4.79 Å². The fourth-order valence-electron chi connectivity index (χ4n) is 1.97. The minimum Gasteiger partial charge on any atom is -0.307 e. The molecule has 1 fully saturated rings. The first-order valence-corrected chi connectivity index (χ1v) is 7.02. The van der Waals surface area contributed by atoms with Gasteiger partial charge in [0.2, 0.25) is 0 Å². The van der Waals surface area contributed by atoms with Crippen LogP contribution in [0.5, 0.6) is 0 Å². The maximum atomic E-state index is 12.0. The maximum Gasteiger partial charge on any atom is 0.156 e. The van der Waals surface area contributed by atoms with Crippen molar-refractivity contribution in [2.45, 2.75) is 51.5 Å². The lowest BCUT2D eigenvalue weighted by Crippen LogP contribution is -2.41. The molecule has 1 aliphatic heterocycles. The number of hydrogen-bond donors (Lipinski definition) is 1. The molecule has 102 valence electrons. The first-order chi connectivity index (χ1) is 8.16. The predicted molar refractivity (Wildman–Crippen MR) is 75.6 cm³/mol. The minimum atomic E-state index is 0. The number of aromatic nitrogens is 2. The van der Waals surface area contributed by atoms with Gasteiger partial charge in [-0.05, 0) is 30.9 Å². The Kier molecular flexibility index (Phi) is 6.18. The van der Waals surface area contributed by atoms with Gasteiger partial charge >= 0.3 is 0 Å². The summed E-state index contributed by atoms with van der Waals surface area (Å²) in [5, 5.41) is 4.13. The van der Waals surface area contributed by atoms with E-state index in [4.69, 9.17) is 0 Å². The van der Waals surface area contributed by atoms with Crippen LogP contribution in [0.25, 0.3) is 0 Å². The van der Waals surface area contributed by atoms with Crippen LogP contribution in [0, 0.1) is 0 Å². The van der Waals surface area contributed by atoms with E-state index in [2.05, 4.69) is 28.5 Å². The van der Waals surface area contributed by atoms with Gasteiger partial charge in [0.1, 0.15) is 10.8 Å². The molecule has 0 unspecified atom stereocenters. The van der Waals surface area contributed by atoms with Gasteiger partial charge in [-0.25, -0.2) is 4.98 Å². The Hall–Kier alpha value is -0.520. The molecule has 0 saturated carbocycles. The number of carbonyl (C=O) groups excluding carboxylic acids is 1. The number of nitrogens with one attached hydrogen (secondary N) is 1. The number of rotatable bonds is 4. The second-order valence-electron chi connectivity index (χ2n) is 4.85. The average molecular weight is 290 g/mol. The first-order valence-electron chi connectivity index (χ1n) is 6.25. The van der Waals surface area contributed by atoms with Gasteiger partial charge in [-0.15, -0.1) is 12.4 Å². The lowest BCUT2D eigenvalue weighted by Gasteiger charge is -2.21. The fraction of sp³-hybridized carbons (Fsp3) is 0.750. The molecule has 1 saturated heterocycles. The van der Waals surface area contributed by atoms with Crippen LogP contribution in [0.15, 0.2) is 0 Å². The van der Waals surface area contributed by atoms with Crippen LogP contribution in [0.1, 0.15) is 49.9 Å². The highest BCUT2D eigenvalue weighted by atomic mass is 35.5. The molecule has 2 heterocycles. The highest BCUT2D eigenvalue weighted by Crippen LogP contribution is 2.16. The topological polar surface area (TPSA) is 54.9 Å². The van der Waals surface area contributed by atoms with Crippen LogP contribution in [0.2, 0.25) is 0 Å². The molecule has 1 N–H and O–H groups in total. The summed E-state index contributed by atoms with van der Waals surface area (Å²) in [4.78, 5) is 16.4. The molecular weight excluding hydrogens is 270 g/mol. The largest absolute Gasteiger partial charge is 0.307 e. The fourth-order valence-corrected chi connectivity index (χ4v) is 2.76. The Balaban J connectivity index is 0.00000162. The molecule has 0 aromatic carbocycles. The standard InChI is InChI=1S/C12H19N3OS.ClH/c1-8(2)12-14-11(17-15-12)7-10(16)9-5-3-4-6-13-9;/h8-9,13H,3-7H2,1-2H3;1H/t9-;/m0./s1. The molecule has 1 atom stereocenters. The van der Waals surface area contributed by atoms with Crippen LogP contribution in [0.3, 0.4) is 0 Å². The Bertz CT molecular complexity index is 388. The summed E-state index contributed by atoms with van der Waals surface area (Å²) in [5.41, 5.74) is 0. The van der Waals surface area contributed by atoms with E-state index in [0.717, 1.165) is 30.2 Å². The summed E-state index contributed by atoms with van der Waals surface area (Å²) in [7, 11) is 0. The maximum absolute atomic E-state index is 12.0. The Morgan fingerprint density at radius 2 is 2.28 bits per heavy atom. The normalized spacial score (nSPS) is 19.6. The van der Waals surface area contributed by atoms with Crippen molar-refractivity contribution in [1.29, 1.82) is 0 Å². The SMILES string of the molecule is CC(C)c1nsc(CC(=O)[C@@H]2CCCCN2)n1.Cl. The third kappa shape index (κ3) is 4.00. The van der Waals surface area contributed by atoms with Crippen molar-refractivity contribution in [3.05, 3.63) is 10.8 Å². The van der Waals surface area contributed by atoms with E-state index in [-0.39, 0.29) is 24.2 Å². The summed E-state index contributed by atoms with van der Waals surface area (Å²) >= 11 is 1.36. The van der Waals surface area contributed by atoms with Crippen molar-refractivity contribution in [1.82, 2.24) is 14.7 Å². The van der Waals surface area contributed by atoms with E-state index in [0.29, 0.717) is 12.3 Å². The van der Waals surface area contributed by atoms with Gasteiger partial charge in [-0.1, -0.05) is 20.3 Å². The Morgan fingerprint density at radius 1 is 1.50 bits per heavy atom. The Morgan fingerprint density at radius 3 is 2.83 bits per heavy atom. The first kappa shape index (κ1) is 15.5. The van der Waals surface area contributed by atoms with E-state index in [1.165, 1.54) is 18.0 Å². The van der Waals surface area contributed by atoms with Crippen molar-refractivity contribution < 1.29 is 4.79 Å². The lowest BCUT2D eigenvalue weighted by molar-refractivity contribution is -0.120. The number of nitrogens with zero attached hydrogens (tertiary/aromatic N) is 2. The molecule has 1 aromatic rings. The molecule has 0 radical (unpaired) electrons. The number of hydrogen-bond acceptors (Lipinski definition) is 5. The number of piperidine rings is 1. The summed E-state index contributed by atoms with van der Waals surface area (Å²) in [6.45, 7) is 5.09. The predicted octanol–water partition coefficient (Wildman–Crippen LogP) is 2.34. The van der Waals surface area contributed by atoms with Crippen LogP contribution >= 0.6 is 23.9 Å². The molecule has 0 spiro atoms. The minimum absolute atomic E-state index is 0. The third-order valence-corrected chi connectivity index (χ3v) is 3.75. The van der Waals surface area contributed by atoms with Crippen molar-refractivity contribution in [3.63, 3.8) is 0 Å². The molecular formula is C12H20ClN3OS. The van der Waals surface area contributed by atoms with Crippen molar-refractivity contribution in [2.75, 3.05) is 6.54 Å². The number of halogens is 1. The molecule has 0 aliphatic carbocycles. The summed E-state index contributed by atoms with van der Waals surface area (Å²) in [6, 6.07) is 0.0372. The van der Waals surface area contributed by atoms with Gasteiger partial charge in [-0.2, -0.15) is 4.37 Å². The van der Waals surface area contributed by atoms with E-state index in [1.807, 2.05) is 0 Å². The molecule has 2 rings (SSSR count). The van der Waals surface area contributed by atoms with E-state index in [9.17, 15) is 4.79 Å². The monoisotopic (exact) mass is 289 g/mol. The number of ketones is 1. The summed E-state index contributed by atoms with van der Waals surface area (Å²) in [5.74, 6) is 1.45. The van der Waals surface area contributed by atoms with E-state index < -0.39 is 0 Å². The van der Waals surface area contributed by atoms with Crippen LogP contribution < -0.4 is 5.32 Å². The lowest BCUT2D eigenvalue weighted by atomic mass is 9.99. The van der Waals surface area contributed by atoms with Gasteiger partial charge < -0.3 is 5.32 Å². The molecule has 0 amide bonds. The highest BCUT2D eigenvalue weighted by molar-refractivity contribution is 7.05. The second-order valence-corrected chi connectivity index (χ2v) is 5.68. The molecule has 4 nitrogen and oxygen atoms in total. The highest BCUT2D eigenvalue weighted by Gasteiger charge is 2.22. The summed E-state index contributed by atoms with van der Waals surface area (Å²) < 4.78 is 4.27. The van der Waals surface area contributed by atoms with Gasteiger partial charge in [0.25, 0.3) is 0 Å². The Labute approximate surface area is 118 Å². The van der Waals surface area contributed by atoms with Gasteiger partial charge in [0.15, 0.2) is 5.78 Å². The summed E-state index contributed by atoms with van der Waals surface area (Å²) in [6.07, 6.45) is 3.73. The molecule has 1 aromatic heterocycles. The average Bonchev–Trinajstić information content (AvgIpc) is 2.79. The zero-order valence-electron chi connectivity index (χ0n) is 10.8. The molecule has 1 aliphatic rings. The van der Waals surface area contributed by atoms with E-state index >= 15 is 0 Å². The zero-order chi connectivity index (χ0) is 12.3. The van der Waals surface area contributed by atoms with Gasteiger partial charge in [0, 0.05) is 5.92 Å². The molecule has 18 heavy (non-hydrogen) atoms. The van der Waals surface area contributed by atoms with Crippen molar-refractivity contribution in [3.8, 4) is 0 Å². The van der Waals surface area contributed by atoms with Gasteiger partial charge in [0.05, 0.1) is 12.5 Å². The van der Waals surface area contributed by atoms with Crippen LogP contribution in [-0.2, 0) is 11.2 Å². The molecule has 6 heteroatoms. The van der Waals surface area contributed by atoms with Crippen LogP contribution in [-0.4, -0.2) is 27.7 Å². The second kappa shape index (κ2) is 7.16. The number of Topliss-reactive ketones (excluding diaryl/α,β-unsaturated/α-hetero) is 1. The zero-order valence-corrected chi connectivity index (χ0v) is 12.4. The van der Waals surface area contributed by atoms with Crippen LogP contribution in [0.4, 0.5) is 0 Å². The van der Waals surface area contributed by atoms with E-state index in [1.54, 1.807) is 0 Å². The third-order valence-electron chi connectivity index (χ3n) is 3.02. The molecule has 0 bridgehead atoms. The smallest absolute Gasteiger partial charge is 0.156 e. The van der Waals surface area contributed by atoms with Crippen molar-refractivity contribution >= 4 is 29.7 Å². The number of carbonyl (C=O) groups is 1. The van der Waals surface area contributed by atoms with Crippen molar-refractivity contribution in [2.24, 2.45) is 0 Å².